The Kier molecular flexibility index (Phi) is 7.42. The highest BCUT2D eigenvalue weighted by molar-refractivity contribution is 7.16. The van der Waals surface area contributed by atoms with Gasteiger partial charge in [0.05, 0.1) is 35.1 Å². The van der Waals surface area contributed by atoms with Crippen LogP contribution in [0.1, 0.15) is 35.4 Å². The Morgan fingerprint density at radius 1 is 0.870 bits per heavy atom. The quantitative estimate of drug-likeness (QED) is 0.141. The maximum Gasteiger partial charge on any atom is 0.269 e. The topological polar surface area (TPSA) is 53.5 Å². The van der Waals surface area contributed by atoms with Gasteiger partial charge in [0.15, 0.2) is 0 Å². The third kappa shape index (κ3) is 5.22. The van der Waals surface area contributed by atoms with Gasteiger partial charge in [0.1, 0.15) is 11.5 Å². The van der Waals surface area contributed by atoms with Crippen LogP contribution in [0.15, 0.2) is 145 Å². The van der Waals surface area contributed by atoms with E-state index < -0.39 is 0 Å². The zero-order valence-corrected chi connectivity index (χ0v) is 26.1. The molecule has 0 unspecified atom stereocenters. The Morgan fingerprint density at radius 3 is 2.15 bits per heavy atom. The van der Waals surface area contributed by atoms with Crippen molar-refractivity contribution in [1.29, 1.82) is 5.26 Å². The molecular weight excluding hydrogens is 585 g/mol. The van der Waals surface area contributed by atoms with E-state index in [1.54, 1.807) is 23.5 Å². The van der Waals surface area contributed by atoms with E-state index in [1.807, 2.05) is 66.9 Å². The number of nitrogens with zero attached hydrogens (tertiary/aromatic N) is 4. The molecule has 0 bridgehead atoms. The smallest absolute Gasteiger partial charge is 0.269 e. The lowest BCUT2D eigenvalue weighted by molar-refractivity contribution is 0.396. The summed E-state index contributed by atoms with van der Waals surface area (Å²) in [5.74, 6) is 1.16. The molecule has 2 aromatic heterocycles. The number of anilines is 3. The van der Waals surface area contributed by atoms with Crippen LogP contribution in [0, 0.1) is 17.9 Å². The van der Waals surface area contributed by atoms with Crippen molar-refractivity contribution in [2.75, 3.05) is 4.90 Å². The van der Waals surface area contributed by atoms with E-state index in [-0.39, 0.29) is 11.1 Å². The monoisotopic (exact) mass is 612 g/mol. The second kappa shape index (κ2) is 11.9. The summed E-state index contributed by atoms with van der Waals surface area (Å²) in [6, 6.07) is 37.0. The van der Waals surface area contributed by atoms with Gasteiger partial charge in [-0.05, 0) is 77.4 Å². The predicted molar refractivity (Wildman–Crippen MR) is 186 cm³/mol. The molecule has 1 aliphatic carbocycles. The maximum absolute atomic E-state index is 9.54. The molecule has 0 amide bonds. The molecule has 5 nitrogen and oxygen atoms in total. The van der Waals surface area contributed by atoms with Crippen LogP contribution < -0.4 is 4.90 Å². The number of hydrogen-bond acceptors (Lipinski definition) is 5. The van der Waals surface area contributed by atoms with E-state index in [0.29, 0.717) is 17.1 Å². The normalized spacial score (nSPS) is 15.5. The number of pyridine rings is 1. The second-order valence-corrected chi connectivity index (χ2v) is 12.6. The highest BCUT2D eigenvalue weighted by Crippen LogP contribution is 2.53. The first-order valence-corrected chi connectivity index (χ1v) is 15.7. The van der Waals surface area contributed by atoms with Crippen LogP contribution in [0.4, 0.5) is 17.1 Å². The van der Waals surface area contributed by atoms with E-state index in [4.69, 9.17) is 16.3 Å². The average Bonchev–Trinajstić information content (AvgIpc) is 3.62. The van der Waals surface area contributed by atoms with Gasteiger partial charge in [0.2, 0.25) is 0 Å². The number of rotatable bonds is 6. The number of nitriles is 1. The standard InChI is InChI=1S/C40H28N4OS/c1-40(2)34-23-31(44(29-15-9-5-10-16-29)30-17-11-6-12-18-30)26-43-38(34)39-35(40)24-33(46-39)20-19-32-21-28(36(25-41)42-3)22-37(45-32)27-13-7-4-8-14-27/h4-24,26H,1-2H3/b20-19+,36-28+. The Labute approximate surface area is 272 Å². The fraction of sp³-hybridized carbons (Fsp3) is 0.0750. The molecule has 0 atom stereocenters. The number of benzene rings is 3. The lowest BCUT2D eigenvalue weighted by Crippen LogP contribution is -2.16. The molecule has 0 N–H and O–H groups in total. The number of aromatic nitrogens is 1. The molecule has 3 aromatic carbocycles. The molecule has 220 valence electrons. The van der Waals surface area contributed by atoms with Gasteiger partial charge in [0.25, 0.3) is 5.70 Å². The summed E-state index contributed by atoms with van der Waals surface area (Å²) in [5, 5.41) is 9.54. The van der Waals surface area contributed by atoms with Gasteiger partial charge >= 0.3 is 0 Å². The third-order valence-electron chi connectivity index (χ3n) is 8.25. The van der Waals surface area contributed by atoms with Crippen LogP contribution in [-0.4, -0.2) is 4.98 Å². The molecule has 1 aliphatic heterocycles. The lowest BCUT2D eigenvalue weighted by Gasteiger charge is -2.27. The van der Waals surface area contributed by atoms with Crippen molar-refractivity contribution < 1.29 is 4.74 Å². The first kappa shape index (κ1) is 28.8. The number of fused-ring (bicyclic) bond motifs is 3. The summed E-state index contributed by atoms with van der Waals surface area (Å²) in [6.07, 6.45) is 9.39. The van der Waals surface area contributed by atoms with Gasteiger partial charge in [-0.1, -0.05) is 80.6 Å². The number of allylic oxidation sites excluding steroid dienone is 5. The van der Waals surface area contributed by atoms with E-state index in [9.17, 15) is 5.26 Å². The predicted octanol–water partition coefficient (Wildman–Crippen LogP) is 10.6. The van der Waals surface area contributed by atoms with E-state index in [0.717, 1.165) is 33.2 Å². The van der Waals surface area contributed by atoms with Gasteiger partial charge in [-0.25, -0.2) is 10.1 Å². The Bertz CT molecular complexity index is 2100. The van der Waals surface area contributed by atoms with Crippen LogP contribution in [-0.2, 0) is 10.2 Å². The SMILES string of the molecule is [C-]#[N+]/C(C#N)=C1C=C(/C=C/c2cc3c(s2)-c2ncc(N(c4ccccc4)c4ccccc4)cc2C3(C)C)OC(c2ccccc2)=C\1. The molecule has 0 fully saturated rings. The molecule has 2 aliphatic rings. The van der Waals surface area contributed by atoms with Gasteiger partial charge in [-0.15, -0.1) is 11.3 Å². The van der Waals surface area contributed by atoms with Crippen molar-refractivity contribution in [1.82, 2.24) is 4.98 Å². The Hall–Kier alpha value is -5.95. The van der Waals surface area contributed by atoms with E-state index in [2.05, 4.69) is 84.3 Å². The van der Waals surface area contributed by atoms with Gasteiger partial charge < -0.3 is 9.64 Å². The first-order valence-electron chi connectivity index (χ1n) is 14.9. The largest absolute Gasteiger partial charge is 0.457 e. The summed E-state index contributed by atoms with van der Waals surface area (Å²) in [6.45, 7) is 12.0. The fourth-order valence-electron chi connectivity index (χ4n) is 5.92. The second-order valence-electron chi connectivity index (χ2n) is 11.5. The minimum Gasteiger partial charge on any atom is -0.457 e. The van der Waals surface area contributed by atoms with Gasteiger partial charge in [-0.3, -0.25) is 4.98 Å². The molecule has 0 saturated carbocycles. The molecule has 0 saturated heterocycles. The highest BCUT2D eigenvalue weighted by Gasteiger charge is 2.39. The van der Waals surface area contributed by atoms with Crippen LogP contribution in [0.3, 0.4) is 0 Å². The van der Waals surface area contributed by atoms with Crippen molar-refractivity contribution in [2.45, 2.75) is 19.3 Å². The Balaban J connectivity index is 1.22. The van der Waals surface area contributed by atoms with Crippen LogP contribution in [0.5, 0.6) is 0 Å². The van der Waals surface area contributed by atoms with Crippen LogP contribution in [0.2, 0.25) is 0 Å². The van der Waals surface area contributed by atoms with Crippen molar-refractivity contribution >= 4 is 40.2 Å². The zero-order valence-electron chi connectivity index (χ0n) is 25.3. The third-order valence-corrected chi connectivity index (χ3v) is 9.35. The molecule has 7 rings (SSSR count). The Morgan fingerprint density at radius 2 is 1.52 bits per heavy atom. The molecular formula is C40H28N4OS. The van der Waals surface area contributed by atoms with Crippen molar-refractivity contribution in [2.24, 2.45) is 0 Å². The van der Waals surface area contributed by atoms with Crippen LogP contribution in [0.25, 0.3) is 27.3 Å². The summed E-state index contributed by atoms with van der Waals surface area (Å²) < 4.78 is 6.22. The summed E-state index contributed by atoms with van der Waals surface area (Å²) in [5.41, 5.74) is 7.82. The minimum absolute atomic E-state index is 0.0274. The van der Waals surface area contributed by atoms with Crippen molar-refractivity contribution in [3.05, 3.63) is 178 Å². The van der Waals surface area contributed by atoms with Gasteiger partial charge in [0, 0.05) is 27.2 Å². The van der Waals surface area contributed by atoms with Crippen molar-refractivity contribution in [3.63, 3.8) is 0 Å². The lowest BCUT2D eigenvalue weighted by atomic mass is 9.83. The molecule has 0 radical (unpaired) electrons. The number of ether oxygens (including phenoxy) is 1. The fourth-order valence-corrected chi connectivity index (χ4v) is 7.15. The molecule has 6 heteroatoms. The number of hydrogen-bond donors (Lipinski definition) is 0. The highest BCUT2D eigenvalue weighted by atomic mass is 32.1. The minimum atomic E-state index is -0.244. The molecule has 5 aromatic rings. The number of para-hydroxylation sites is 2. The average molecular weight is 613 g/mol. The summed E-state index contributed by atoms with van der Waals surface area (Å²) in [7, 11) is 0. The zero-order chi connectivity index (χ0) is 31.7. The van der Waals surface area contributed by atoms with Crippen molar-refractivity contribution in [3.8, 4) is 16.6 Å². The maximum atomic E-state index is 9.54. The molecule has 0 spiro atoms. The van der Waals surface area contributed by atoms with Crippen LogP contribution >= 0.6 is 11.3 Å². The molecule has 46 heavy (non-hydrogen) atoms. The first-order chi connectivity index (χ1) is 22.5. The van der Waals surface area contributed by atoms with Gasteiger partial charge in [-0.2, -0.15) is 0 Å². The van der Waals surface area contributed by atoms with E-state index in [1.165, 1.54) is 16.0 Å². The van der Waals surface area contributed by atoms with E-state index >= 15 is 0 Å². The molecule has 3 heterocycles. The summed E-state index contributed by atoms with van der Waals surface area (Å²) in [4.78, 5) is 13.0. The summed E-state index contributed by atoms with van der Waals surface area (Å²) >= 11 is 1.70. The number of thiophene rings is 1.